The monoisotopic (exact) mass is 537 g/mol. The Bertz CT molecular complexity index is 1380. The van der Waals surface area contributed by atoms with Gasteiger partial charge in [0.05, 0.1) is 22.0 Å². The number of hydrogen-bond acceptors (Lipinski definition) is 6. The van der Waals surface area contributed by atoms with E-state index >= 15 is 4.39 Å². The lowest BCUT2D eigenvalue weighted by molar-refractivity contribution is -0.118. The Morgan fingerprint density at radius 3 is 2.77 bits per heavy atom. The number of carbonyl (C=O) groups is 1. The maximum Gasteiger partial charge on any atom is 0.245 e. The van der Waals surface area contributed by atoms with Gasteiger partial charge in [-0.1, -0.05) is 11.6 Å². The quantitative estimate of drug-likeness (QED) is 0.471. The van der Waals surface area contributed by atoms with E-state index in [0.717, 1.165) is 11.2 Å². The largest absolute Gasteiger partial charge is 0.308 e. The predicted molar refractivity (Wildman–Crippen MR) is 137 cm³/mol. The molecule has 12 heteroatoms. The second-order valence-electron chi connectivity index (χ2n) is 8.49. The van der Waals surface area contributed by atoms with Crippen LogP contribution in [0.3, 0.4) is 0 Å². The van der Waals surface area contributed by atoms with Gasteiger partial charge in [-0.15, -0.1) is 11.3 Å². The van der Waals surface area contributed by atoms with E-state index in [1.165, 1.54) is 28.4 Å². The van der Waals surface area contributed by atoms with Gasteiger partial charge in [0.1, 0.15) is 17.7 Å². The zero-order chi connectivity index (χ0) is 25.3. The van der Waals surface area contributed by atoms with Crippen molar-refractivity contribution in [2.24, 2.45) is 0 Å². The van der Waals surface area contributed by atoms with Crippen LogP contribution in [-0.4, -0.2) is 55.5 Å². The van der Waals surface area contributed by atoms with Crippen LogP contribution < -0.4 is 9.62 Å². The molecule has 2 aromatic heterocycles. The number of benzene rings is 1. The number of rotatable bonds is 8. The summed E-state index contributed by atoms with van der Waals surface area (Å²) in [6.45, 7) is 2.43. The molecule has 1 aliphatic rings. The standard InChI is InChI=1S/C23H25ClFN5O3S2/c1-15(20-6-7-21(24)34-20)14-35(32,33)27-18-8-10-30(23(18)31)19-5-4-16(12-17(19)25)29-11-9-26-22(29)13-28(2)3/h4-7,9,11-12,14,18,27H,8,10,13H2,1-3H3/t18-/m0/s1. The van der Waals surface area contributed by atoms with Crippen LogP contribution in [0, 0.1) is 5.82 Å². The summed E-state index contributed by atoms with van der Waals surface area (Å²) in [5.74, 6) is -0.322. The first-order valence-electron chi connectivity index (χ1n) is 10.8. The number of imidazole rings is 1. The van der Waals surface area contributed by atoms with Crippen LogP contribution in [-0.2, 0) is 21.4 Å². The fourth-order valence-electron chi connectivity index (χ4n) is 3.91. The van der Waals surface area contributed by atoms with Crippen LogP contribution in [0.1, 0.15) is 24.0 Å². The number of nitrogens with one attached hydrogen (secondary N) is 1. The van der Waals surface area contributed by atoms with Crippen molar-refractivity contribution in [1.29, 1.82) is 0 Å². The highest BCUT2D eigenvalue weighted by Crippen LogP contribution is 2.29. The maximum atomic E-state index is 15.1. The number of allylic oxidation sites excluding steroid dienone is 1. The van der Waals surface area contributed by atoms with Crippen molar-refractivity contribution in [3.8, 4) is 5.69 Å². The number of nitrogens with zero attached hydrogens (tertiary/aromatic N) is 4. The molecule has 0 bridgehead atoms. The van der Waals surface area contributed by atoms with E-state index < -0.39 is 27.8 Å². The van der Waals surface area contributed by atoms with Gasteiger partial charge >= 0.3 is 0 Å². The number of carbonyl (C=O) groups excluding carboxylic acids is 1. The third-order valence-corrected chi connectivity index (χ3v) is 8.12. The summed E-state index contributed by atoms with van der Waals surface area (Å²) in [5.41, 5.74) is 1.19. The molecule has 0 radical (unpaired) electrons. The smallest absolute Gasteiger partial charge is 0.245 e. The first kappa shape index (κ1) is 25.5. The van der Waals surface area contributed by atoms with Gasteiger partial charge in [0.2, 0.25) is 15.9 Å². The molecule has 4 rings (SSSR count). The molecule has 35 heavy (non-hydrogen) atoms. The average molecular weight is 538 g/mol. The van der Waals surface area contributed by atoms with Crippen molar-refractivity contribution in [1.82, 2.24) is 19.2 Å². The second kappa shape index (κ2) is 10.2. The van der Waals surface area contributed by atoms with Gasteiger partial charge in [0, 0.05) is 35.6 Å². The summed E-state index contributed by atoms with van der Waals surface area (Å²) in [5, 5.41) is 1.08. The molecule has 1 saturated heterocycles. The summed E-state index contributed by atoms with van der Waals surface area (Å²) >= 11 is 7.19. The molecule has 1 aliphatic heterocycles. The molecular weight excluding hydrogens is 513 g/mol. The SMILES string of the molecule is CC(=CS(=O)(=O)N[C@H]1CCN(c2ccc(-n3ccnc3CN(C)C)cc2F)C1=O)c1ccc(Cl)s1. The van der Waals surface area contributed by atoms with E-state index in [9.17, 15) is 13.2 Å². The van der Waals surface area contributed by atoms with Crippen molar-refractivity contribution in [3.63, 3.8) is 0 Å². The minimum Gasteiger partial charge on any atom is -0.308 e. The summed E-state index contributed by atoms with van der Waals surface area (Å²) in [6, 6.07) is 7.03. The molecule has 1 amide bonds. The molecule has 0 aliphatic carbocycles. The predicted octanol–water partition coefficient (Wildman–Crippen LogP) is 3.87. The van der Waals surface area contributed by atoms with Gasteiger partial charge in [0.15, 0.2) is 0 Å². The van der Waals surface area contributed by atoms with E-state index in [-0.39, 0.29) is 18.7 Å². The molecule has 0 saturated carbocycles. The Balaban J connectivity index is 1.49. The lowest BCUT2D eigenvalue weighted by Crippen LogP contribution is -2.41. The van der Waals surface area contributed by atoms with Crippen LogP contribution in [0.2, 0.25) is 4.34 Å². The van der Waals surface area contributed by atoms with Gasteiger partial charge in [-0.05, 0) is 57.3 Å². The van der Waals surface area contributed by atoms with Gasteiger partial charge in [0.25, 0.3) is 0 Å². The first-order valence-corrected chi connectivity index (χ1v) is 13.5. The van der Waals surface area contributed by atoms with E-state index in [0.29, 0.717) is 27.0 Å². The zero-order valence-electron chi connectivity index (χ0n) is 19.4. The molecule has 3 aromatic rings. The topological polar surface area (TPSA) is 87.5 Å². The van der Waals surface area contributed by atoms with Gasteiger partial charge in [-0.2, -0.15) is 4.72 Å². The van der Waals surface area contributed by atoms with Gasteiger partial charge in [-0.3, -0.25) is 4.79 Å². The number of amides is 1. The highest BCUT2D eigenvalue weighted by molar-refractivity contribution is 7.92. The van der Waals surface area contributed by atoms with E-state index in [4.69, 9.17) is 11.6 Å². The highest BCUT2D eigenvalue weighted by Gasteiger charge is 2.36. The summed E-state index contributed by atoms with van der Waals surface area (Å²) in [6.07, 6.45) is 3.62. The van der Waals surface area contributed by atoms with Crippen molar-refractivity contribution >= 4 is 50.1 Å². The van der Waals surface area contributed by atoms with E-state index in [1.54, 1.807) is 42.1 Å². The van der Waals surface area contributed by atoms with Crippen LogP contribution in [0.25, 0.3) is 11.3 Å². The number of aromatic nitrogens is 2. The summed E-state index contributed by atoms with van der Waals surface area (Å²) in [7, 11) is -0.0711. The first-order chi connectivity index (χ1) is 16.5. The van der Waals surface area contributed by atoms with Crippen LogP contribution in [0.4, 0.5) is 10.1 Å². The van der Waals surface area contributed by atoms with Crippen LogP contribution in [0.15, 0.2) is 48.1 Å². The Morgan fingerprint density at radius 2 is 2.11 bits per heavy atom. The molecule has 0 unspecified atom stereocenters. The zero-order valence-corrected chi connectivity index (χ0v) is 21.8. The summed E-state index contributed by atoms with van der Waals surface area (Å²) in [4.78, 5) is 21.2. The Morgan fingerprint density at radius 1 is 1.34 bits per heavy atom. The Kier molecular flexibility index (Phi) is 7.43. The molecular formula is C23H25ClFN5O3S2. The number of anilines is 1. The minimum atomic E-state index is -3.91. The Labute approximate surface area is 212 Å². The molecule has 1 aromatic carbocycles. The van der Waals surface area contributed by atoms with E-state index in [2.05, 4.69) is 9.71 Å². The highest BCUT2D eigenvalue weighted by atomic mass is 35.5. The Hall–Kier alpha value is -2.57. The van der Waals surface area contributed by atoms with Crippen molar-refractivity contribution in [3.05, 3.63) is 69.0 Å². The minimum absolute atomic E-state index is 0.106. The molecule has 1 fully saturated rings. The lowest BCUT2D eigenvalue weighted by atomic mass is 10.2. The van der Waals surface area contributed by atoms with Gasteiger partial charge in [-0.25, -0.2) is 17.8 Å². The third-order valence-electron chi connectivity index (χ3n) is 5.48. The second-order valence-corrected chi connectivity index (χ2v) is 11.8. The van der Waals surface area contributed by atoms with Crippen molar-refractivity contribution in [2.75, 3.05) is 25.5 Å². The van der Waals surface area contributed by atoms with Gasteiger partial charge < -0.3 is 14.4 Å². The van der Waals surface area contributed by atoms with Crippen LogP contribution in [0.5, 0.6) is 0 Å². The lowest BCUT2D eigenvalue weighted by Gasteiger charge is -2.19. The molecule has 3 heterocycles. The number of halogens is 2. The fourth-order valence-corrected chi connectivity index (χ4v) is 6.28. The van der Waals surface area contributed by atoms with Crippen molar-refractivity contribution < 1.29 is 17.6 Å². The third kappa shape index (κ3) is 5.81. The van der Waals surface area contributed by atoms with Crippen LogP contribution >= 0.6 is 22.9 Å². The summed E-state index contributed by atoms with van der Waals surface area (Å²) < 4.78 is 45.1. The normalized spacial score (nSPS) is 17.1. The van der Waals surface area contributed by atoms with Crippen molar-refractivity contribution in [2.45, 2.75) is 25.9 Å². The molecule has 0 spiro atoms. The molecule has 186 valence electrons. The fraction of sp³-hybridized carbons (Fsp3) is 0.304. The maximum absolute atomic E-state index is 15.1. The average Bonchev–Trinajstić information content (AvgIpc) is 3.49. The van der Waals surface area contributed by atoms with E-state index in [1.807, 2.05) is 19.0 Å². The number of hydrogen-bond donors (Lipinski definition) is 1. The number of sulfonamides is 1. The molecule has 1 atom stereocenters. The number of thiophene rings is 1. The molecule has 1 N–H and O–H groups in total. The molecule has 8 nitrogen and oxygen atoms in total.